The molecule has 13 heavy (non-hydrogen) atoms. The van der Waals surface area contributed by atoms with Gasteiger partial charge in [0, 0.05) is 6.42 Å². The van der Waals surface area contributed by atoms with E-state index in [1.54, 1.807) is 0 Å². The van der Waals surface area contributed by atoms with Crippen LogP contribution in [0, 0.1) is 0 Å². The zero-order valence-corrected chi connectivity index (χ0v) is 7.96. The maximum absolute atomic E-state index is 10.6. The first kappa shape index (κ1) is 10.1. The third-order valence-electron chi connectivity index (χ3n) is 1.78. The van der Waals surface area contributed by atoms with Crippen LogP contribution in [0.2, 0.25) is 0 Å². The van der Waals surface area contributed by atoms with Gasteiger partial charge < -0.3 is 4.29 Å². The standard InChI is InChI=1S/C10H11ClO2/c11-13-10(12)8-4-7-9-5-2-1-3-6-9/h1-3,5-6H,4,7-8H2. The lowest BCUT2D eigenvalue weighted by molar-refractivity contribution is -0.134. The van der Waals surface area contributed by atoms with Crippen LogP contribution in [0.25, 0.3) is 0 Å². The molecule has 3 heteroatoms. The Morgan fingerprint density at radius 3 is 2.62 bits per heavy atom. The minimum atomic E-state index is -0.363. The van der Waals surface area contributed by atoms with Gasteiger partial charge in [0.25, 0.3) is 0 Å². The Morgan fingerprint density at radius 2 is 2.00 bits per heavy atom. The quantitative estimate of drug-likeness (QED) is 0.744. The number of hydrogen-bond acceptors (Lipinski definition) is 2. The van der Waals surface area contributed by atoms with Gasteiger partial charge in [0.15, 0.2) is 0 Å². The first-order valence-corrected chi connectivity index (χ1v) is 4.49. The van der Waals surface area contributed by atoms with Crippen LogP contribution in [0.1, 0.15) is 18.4 Å². The molecule has 1 aromatic rings. The lowest BCUT2D eigenvalue weighted by atomic mass is 10.1. The summed E-state index contributed by atoms with van der Waals surface area (Å²) in [7, 11) is 0. The van der Waals surface area contributed by atoms with E-state index < -0.39 is 0 Å². The number of carbonyl (C=O) groups is 1. The SMILES string of the molecule is O=C(CCCc1ccccc1)OCl. The van der Waals surface area contributed by atoms with Crippen LogP contribution < -0.4 is 0 Å². The van der Waals surface area contributed by atoms with E-state index in [-0.39, 0.29) is 5.97 Å². The molecule has 1 rings (SSSR count). The van der Waals surface area contributed by atoms with Crippen LogP contribution in [-0.2, 0) is 15.5 Å². The van der Waals surface area contributed by atoms with E-state index in [0.717, 1.165) is 12.8 Å². The van der Waals surface area contributed by atoms with E-state index in [1.165, 1.54) is 5.56 Å². The second-order valence-corrected chi connectivity index (χ2v) is 2.94. The van der Waals surface area contributed by atoms with Crippen molar-refractivity contribution in [1.82, 2.24) is 0 Å². The van der Waals surface area contributed by atoms with Gasteiger partial charge in [-0.15, -0.1) is 0 Å². The van der Waals surface area contributed by atoms with E-state index in [4.69, 9.17) is 11.9 Å². The Kier molecular flexibility index (Phi) is 4.33. The zero-order chi connectivity index (χ0) is 9.52. The number of aryl methyl sites for hydroxylation is 1. The topological polar surface area (TPSA) is 26.3 Å². The molecule has 70 valence electrons. The summed E-state index contributed by atoms with van der Waals surface area (Å²) in [4.78, 5) is 10.6. The number of halogens is 1. The second kappa shape index (κ2) is 5.60. The average Bonchev–Trinajstić information content (AvgIpc) is 2.19. The summed E-state index contributed by atoms with van der Waals surface area (Å²) in [6.45, 7) is 0. The van der Waals surface area contributed by atoms with Crippen LogP contribution in [0.15, 0.2) is 30.3 Å². The number of hydrogen-bond donors (Lipinski definition) is 0. The highest BCUT2D eigenvalue weighted by Gasteiger charge is 2.00. The van der Waals surface area contributed by atoms with Gasteiger partial charge in [-0.2, -0.15) is 0 Å². The molecular formula is C10H11ClO2. The normalized spacial score (nSPS) is 9.62. The van der Waals surface area contributed by atoms with Crippen LogP contribution in [0.5, 0.6) is 0 Å². The maximum atomic E-state index is 10.6. The summed E-state index contributed by atoms with van der Waals surface area (Å²) in [5, 5.41) is 0. The summed E-state index contributed by atoms with van der Waals surface area (Å²) in [5.41, 5.74) is 1.23. The van der Waals surface area contributed by atoms with Crippen LogP contribution >= 0.6 is 11.9 Å². The minimum absolute atomic E-state index is 0.363. The van der Waals surface area contributed by atoms with E-state index >= 15 is 0 Å². The van der Waals surface area contributed by atoms with Crippen molar-refractivity contribution in [3.05, 3.63) is 35.9 Å². The fourth-order valence-corrected chi connectivity index (χ4v) is 1.20. The summed E-state index contributed by atoms with van der Waals surface area (Å²) < 4.78 is 4.02. The molecule has 0 fully saturated rings. The molecule has 0 bridgehead atoms. The summed E-state index contributed by atoms with van der Waals surface area (Å²) in [6, 6.07) is 10.00. The smallest absolute Gasteiger partial charge is 0.324 e. The van der Waals surface area contributed by atoms with Crippen molar-refractivity contribution in [1.29, 1.82) is 0 Å². The molecule has 0 unspecified atom stereocenters. The van der Waals surface area contributed by atoms with Crippen molar-refractivity contribution < 1.29 is 9.08 Å². The Hall–Kier alpha value is -1.02. The minimum Gasteiger partial charge on any atom is -0.348 e. The van der Waals surface area contributed by atoms with Gasteiger partial charge in [-0.25, -0.2) is 0 Å². The van der Waals surface area contributed by atoms with Gasteiger partial charge in [-0.3, -0.25) is 4.79 Å². The molecule has 0 aliphatic heterocycles. The maximum Gasteiger partial charge on any atom is 0.324 e. The Bertz CT molecular complexity index is 259. The molecule has 0 aromatic heterocycles. The molecule has 0 saturated heterocycles. The van der Waals surface area contributed by atoms with Crippen molar-refractivity contribution in [3.8, 4) is 0 Å². The summed E-state index contributed by atoms with van der Waals surface area (Å²) >= 11 is 4.88. The molecular weight excluding hydrogens is 188 g/mol. The van der Waals surface area contributed by atoms with Gasteiger partial charge in [0.2, 0.25) is 0 Å². The molecule has 0 aliphatic rings. The Morgan fingerprint density at radius 1 is 1.31 bits per heavy atom. The molecule has 0 radical (unpaired) electrons. The molecule has 0 aliphatic carbocycles. The third kappa shape index (κ3) is 3.95. The molecule has 0 amide bonds. The monoisotopic (exact) mass is 198 g/mol. The first-order chi connectivity index (χ1) is 6.33. The number of rotatable bonds is 4. The van der Waals surface area contributed by atoms with Gasteiger partial charge in [-0.05, 0) is 18.4 Å². The Balaban J connectivity index is 2.24. The van der Waals surface area contributed by atoms with Gasteiger partial charge >= 0.3 is 5.97 Å². The van der Waals surface area contributed by atoms with Gasteiger partial charge in [0.05, 0.1) is 0 Å². The highest BCUT2D eigenvalue weighted by molar-refractivity contribution is 6.13. The average molecular weight is 199 g/mol. The molecule has 0 heterocycles. The second-order valence-electron chi connectivity index (χ2n) is 2.79. The van der Waals surface area contributed by atoms with Crippen molar-refractivity contribution >= 4 is 17.8 Å². The van der Waals surface area contributed by atoms with E-state index in [9.17, 15) is 4.79 Å². The number of benzene rings is 1. The molecule has 0 saturated carbocycles. The first-order valence-electron chi connectivity index (χ1n) is 4.18. The van der Waals surface area contributed by atoms with Gasteiger partial charge in [0.1, 0.15) is 11.9 Å². The molecule has 2 nitrogen and oxygen atoms in total. The highest BCUT2D eigenvalue weighted by atomic mass is 35.5. The predicted molar refractivity (Wildman–Crippen MR) is 51.3 cm³/mol. The van der Waals surface area contributed by atoms with Crippen LogP contribution in [0.4, 0.5) is 0 Å². The molecule has 0 spiro atoms. The fourth-order valence-electron chi connectivity index (χ4n) is 1.12. The fraction of sp³-hybridized carbons (Fsp3) is 0.300. The van der Waals surface area contributed by atoms with Crippen molar-refractivity contribution in [2.45, 2.75) is 19.3 Å². The highest BCUT2D eigenvalue weighted by Crippen LogP contribution is 2.05. The summed E-state index contributed by atoms with van der Waals surface area (Å²) in [5.74, 6) is -0.363. The molecule has 1 aromatic carbocycles. The van der Waals surface area contributed by atoms with Crippen LogP contribution in [0.3, 0.4) is 0 Å². The number of carbonyl (C=O) groups excluding carboxylic acids is 1. The molecule has 0 atom stereocenters. The predicted octanol–water partition coefficient (Wildman–Crippen LogP) is 2.71. The van der Waals surface area contributed by atoms with E-state index in [0.29, 0.717) is 6.42 Å². The van der Waals surface area contributed by atoms with E-state index in [1.807, 2.05) is 30.3 Å². The van der Waals surface area contributed by atoms with Crippen LogP contribution in [-0.4, -0.2) is 5.97 Å². The van der Waals surface area contributed by atoms with Crippen molar-refractivity contribution in [2.24, 2.45) is 0 Å². The largest absolute Gasteiger partial charge is 0.348 e. The van der Waals surface area contributed by atoms with E-state index in [2.05, 4.69) is 4.29 Å². The third-order valence-corrected chi connectivity index (χ3v) is 1.95. The van der Waals surface area contributed by atoms with Crippen molar-refractivity contribution in [3.63, 3.8) is 0 Å². The molecule has 0 N–H and O–H groups in total. The summed E-state index contributed by atoms with van der Waals surface area (Å²) in [6.07, 6.45) is 2.03. The van der Waals surface area contributed by atoms with Gasteiger partial charge in [-0.1, -0.05) is 30.3 Å². The lowest BCUT2D eigenvalue weighted by Gasteiger charge is -1.98. The zero-order valence-electron chi connectivity index (χ0n) is 7.20. The Labute approximate surface area is 82.6 Å². The lowest BCUT2D eigenvalue weighted by Crippen LogP contribution is -1.97. The van der Waals surface area contributed by atoms with Crippen molar-refractivity contribution in [2.75, 3.05) is 0 Å².